The van der Waals surface area contributed by atoms with Gasteiger partial charge in [0.25, 0.3) is 0 Å². The molecule has 0 rings (SSSR count). The smallest absolute Gasteiger partial charge is 0.320 e. The van der Waals surface area contributed by atoms with Crippen LogP contribution in [0.5, 0.6) is 0 Å². The monoisotopic (exact) mass is 218 g/mol. The van der Waals surface area contributed by atoms with Gasteiger partial charge in [0.05, 0.1) is 18.0 Å². The Balaban J connectivity index is 3.44. The Bertz CT molecular complexity index is 148. The SMILES string of the molecule is CCCCCC(C)C(=O)OSCCC. The van der Waals surface area contributed by atoms with Gasteiger partial charge >= 0.3 is 5.97 Å². The van der Waals surface area contributed by atoms with Gasteiger partial charge in [-0.1, -0.05) is 40.0 Å². The number of carbonyl (C=O) groups is 1. The average molecular weight is 218 g/mol. The maximum atomic E-state index is 11.4. The van der Waals surface area contributed by atoms with Crippen molar-refractivity contribution in [3.63, 3.8) is 0 Å². The Morgan fingerprint density at radius 3 is 2.57 bits per heavy atom. The van der Waals surface area contributed by atoms with E-state index in [0.717, 1.165) is 25.0 Å². The number of rotatable bonds is 8. The van der Waals surface area contributed by atoms with Crippen molar-refractivity contribution in [1.29, 1.82) is 0 Å². The Hall–Kier alpha value is -0.180. The highest BCUT2D eigenvalue weighted by molar-refractivity contribution is 7.95. The van der Waals surface area contributed by atoms with Crippen LogP contribution in [0.1, 0.15) is 52.9 Å². The molecule has 2 nitrogen and oxygen atoms in total. The van der Waals surface area contributed by atoms with E-state index in [9.17, 15) is 4.79 Å². The minimum atomic E-state index is -0.0560. The van der Waals surface area contributed by atoms with E-state index in [0.29, 0.717) is 0 Å². The van der Waals surface area contributed by atoms with E-state index in [1.807, 2.05) is 6.92 Å². The fourth-order valence-corrected chi connectivity index (χ4v) is 1.61. The van der Waals surface area contributed by atoms with Gasteiger partial charge in [-0.05, 0) is 12.8 Å². The van der Waals surface area contributed by atoms with Crippen LogP contribution in [0.15, 0.2) is 0 Å². The van der Waals surface area contributed by atoms with Crippen LogP contribution in [0.3, 0.4) is 0 Å². The second-order valence-corrected chi connectivity index (χ2v) is 4.43. The molecule has 1 atom stereocenters. The number of hydrogen-bond acceptors (Lipinski definition) is 3. The first kappa shape index (κ1) is 13.8. The second kappa shape index (κ2) is 9.38. The van der Waals surface area contributed by atoms with Gasteiger partial charge in [-0.15, -0.1) is 0 Å². The lowest BCUT2D eigenvalue weighted by molar-refractivity contribution is -0.137. The van der Waals surface area contributed by atoms with E-state index in [1.165, 1.54) is 24.9 Å². The number of unbranched alkanes of at least 4 members (excludes halogenated alkanes) is 2. The van der Waals surface area contributed by atoms with Gasteiger partial charge in [0.1, 0.15) is 0 Å². The lowest BCUT2D eigenvalue weighted by Gasteiger charge is -2.09. The Morgan fingerprint density at radius 2 is 2.00 bits per heavy atom. The summed E-state index contributed by atoms with van der Waals surface area (Å²) in [5, 5.41) is 0. The minimum Gasteiger partial charge on any atom is -0.391 e. The predicted octanol–water partition coefficient (Wildman–Crippen LogP) is 3.80. The van der Waals surface area contributed by atoms with E-state index in [1.54, 1.807) is 0 Å². The van der Waals surface area contributed by atoms with Crippen molar-refractivity contribution in [2.24, 2.45) is 5.92 Å². The van der Waals surface area contributed by atoms with Gasteiger partial charge in [0.2, 0.25) is 0 Å². The molecule has 0 saturated heterocycles. The lowest BCUT2D eigenvalue weighted by Crippen LogP contribution is -2.11. The summed E-state index contributed by atoms with van der Waals surface area (Å²) in [7, 11) is 0. The van der Waals surface area contributed by atoms with Crippen molar-refractivity contribution >= 4 is 18.0 Å². The molecule has 0 aromatic heterocycles. The normalized spacial score (nSPS) is 12.5. The molecular weight excluding hydrogens is 196 g/mol. The van der Waals surface area contributed by atoms with Gasteiger partial charge < -0.3 is 4.18 Å². The fraction of sp³-hybridized carbons (Fsp3) is 0.909. The number of carbonyl (C=O) groups excluding carboxylic acids is 1. The summed E-state index contributed by atoms with van der Waals surface area (Å²) in [6.45, 7) is 6.19. The van der Waals surface area contributed by atoms with Crippen molar-refractivity contribution in [2.75, 3.05) is 5.75 Å². The summed E-state index contributed by atoms with van der Waals surface area (Å²) in [5.41, 5.74) is 0. The maximum absolute atomic E-state index is 11.4. The zero-order chi connectivity index (χ0) is 10.8. The summed E-state index contributed by atoms with van der Waals surface area (Å²) in [5.74, 6) is 0.901. The van der Waals surface area contributed by atoms with E-state index in [2.05, 4.69) is 13.8 Å². The standard InChI is InChI=1S/C11H22O2S/c1-4-6-7-8-10(3)11(12)13-14-9-5-2/h10H,4-9H2,1-3H3. The van der Waals surface area contributed by atoms with E-state index >= 15 is 0 Å². The topological polar surface area (TPSA) is 26.3 Å². The van der Waals surface area contributed by atoms with E-state index in [-0.39, 0.29) is 11.9 Å². The highest BCUT2D eigenvalue weighted by Crippen LogP contribution is 2.14. The van der Waals surface area contributed by atoms with Gasteiger partial charge in [0, 0.05) is 5.75 Å². The molecule has 0 aliphatic heterocycles. The van der Waals surface area contributed by atoms with Crippen molar-refractivity contribution < 1.29 is 8.98 Å². The molecule has 14 heavy (non-hydrogen) atoms. The molecule has 0 bridgehead atoms. The first-order valence-corrected chi connectivity index (χ1v) is 6.46. The minimum absolute atomic E-state index is 0.0560. The molecule has 0 spiro atoms. The van der Waals surface area contributed by atoms with Crippen LogP contribution >= 0.6 is 12.0 Å². The van der Waals surface area contributed by atoms with Crippen molar-refractivity contribution in [2.45, 2.75) is 52.9 Å². The zero-order valence-corrected chi connectivity index (χ0v) is 10.4. The fourth-order valence-electron chi connectivity index (χ4n) is 1.08. The summed E-state index contributed by atoms with van der Waals surface area (Å²) in [6.07, 6.45) is 5.54. The lowest BCUT2D eigenvalue weighted by atomic mass is 10.0. The molecule has 0 aromatic carbocycles. The maximum Gasteiger partial charge on any atom is 0.320 e. The van der Waals surface area contributed by atoms with Gasteiger partial charge in [0.15, 0.2) is 0 Å². The molecule has 0 heterocycles. The molecule has 3 heteroatoms. The quantitative estimate of drug-likeness (QED) is 0.458. The highest BCUT2D eigenvalue weighted by atomic mass is 32.2. The first-order valence-electron chi connectivity index (χ1n) is 5.55. The third kappa shape index (κ3) is 7.25. The molecule has 0 aliphatic carbocycles. The summed E-state index contributed by atoms with van der Waals surface area (Å²) in [4.78, 5) is 11.4. The highest BCUT2D eigenvalue weighted by Gasteiger charge is 2.13. The predicted molar refractivity (Wildman–Crippen MR) is 62.1 cm³/mol. The molecule has 84 valence electrons. The summed E-state index contributed by atoms with van der Waals surface area (Å²) >= 11 is 1.28. The van der Waals surface area contributed by atoms with Gasteiger partial charge in [-0.25, -0.2) is 0 Å². The second-order valence-electron chi connectivity index (χ2n) is 3.62. The van der Waals surface area contributed by atoms with Gasteiger partial charge in [-0.3, -0.25) is 4.79 Å². The molecule has 0 fully saturated rings. The molecule has 1 unspecified atom stereocenters. The Kier molecular flexibility index (Phi) is 9.26. The average Bonchev–Trinajstić information content (AvgIpc) is 2.18. The third-order valence-electron chi connectivity index (χ3n) is 2.07. The first-order chi connectivity index (χ1) is 6.72. The van der Waals surface area contributed by atoms with Crippen molar-refractivity contribution in [1.82, 2.24) is 0 Å². The summed E-state index contributed by atoms with van der Waals surface area (Å²) < 4.78 is 5.05. The summed E-state index contributed by atoms with van der Waals surface area (Å²) in [6, 6.07) is 0. The molecule has 0 radical (unpaired) electrons. The van der Waals surface area contributed by atoms with Crippen molar-refractivity contribution in [3.8, 4) is 0 Å². The largest absolute Gasteiger partial charge is 0.391 e. The Morgan fingerprint density at radius 1 is 1.29 bits per heavy atom. The zero-order valence-electron chi connectivity index (χ0n) is 9.54. The van der Waals surface area contributed by atoms with E-state index < -0.39 is 0 Å². The van der Waals surface area contributed by atoms with Crippen LogP contribution in [0.25, 0.3) is 0 Å². The number of hydrogen-bond donors (Lipinski definition) is 0. The van der Waals surface area contributed by atoms with Crippen LogP contribution in [-0.4, -0.2) is 11.7 Å². The van der Waals surface area contributed by atoms with Crippen LogP contribution in [0, 0.1) is 5.92 Å². The van der Waals surface area contributed by atoms with Gasteiger partial charge in [-0.2, -0.15) is 0 Å². The van der Waals surface area contributed by atoms with Crippen LogP contribution < -0.4 is 0 Å². The molecule has 0 saturated carbocycles. The molecular formula is C11H22O2S. The van der Waals surface area contributed by atoms with Crippen molar-refractivity contribution in [3.05, 3.63) is 0 Å². The molecule has 0 N–H and O–H groups in total. The van der Waals surface area contributed by atoms with Crippen LogP contribution in [0.4, 0.5) is 0 Å². The Labute approximate surface area is 92.0 Å². The molecule has 0 amide bonds. The molecule has 0 aromatic rings. The van der Waals surface area contributed by atoms with E-state index in [4.69, 9.17) is 4.18 Å². The third-order valence-corrected chi connectivity index (χ3v) is 2.93. The van der Waals surface area contributed by atoms with Crippen LogP contribution in [0.2, 0.25) is 0 Å². The molecule has 0 aliphatic rings. The van der Waals surface area contributed by atoms with Crippen LogP contribution in [-0.2, 0) is 8.98 Å².